The largest absolute Gasteiger partial charge is 0.477 e. The van der Waals surface area contributed by atoms with E-state index in [1.54, 1.807) is 17.0 Å². The molecule has 6 heteroatoms. The lowest BCUT2D eigenvalue weighted by Crippen LogP contribution is -2.51. The predicted molar refractivity (Wildman–Crippen MR) is 102 cm³/mol. The van der Waals surface area contributed by atoms with Crippen LogP contribution in [0, 0.1) is 0 Å². The molecular formula is C20H21ClN2O3. The first-order chi connectivity index (χ1) is 12.6. The molecule has 3 rings (SSSR count). The van der Waals surface area contributed by atoms with E-state index in [4.69, 9.17) is 16.3 Å². The van der Waals surface area contributed by atoms with E-state index in [9.17, 15) is 9.59 Å². The van der Waals surface area contributed by atoms with Gasteiger partial charge in [0.1, 0.15) is 5.75 Å². The molecule has 0 spiro atoms. The number of hydrogen-bond acceptors (Lipinski definition) is 3. The lowest BCUT2D eigenvalue weighted by Gasteiger charge is -2.34. The molecular weight excluding hydrogens is 352 g/mol. The molecule has 2 amide bonds. The van der Waals surface area contributed by atoms with Gasteiger partial charge in [-0.3, -0.25) is 9.59 Å². The number of para-hydroxylation sites is 2. The van der Waals surface area contributed by atoms with Gasteiger partial charge in [0, 0.05) is 11.6 Å². The van der Waals surface area contributed by atoms with Gasteiger partial charge in [0.25, 0.3) is 5.91 Å². The molecule has 1 unspecified atom stereocenters. The van der Waals surface area contributed by atoms with Crippen molar-refractivity contribution >= 4 is 29.1 Å². The van der Waals surface area contributed by atoms with Crippen LogP contribution in [0.3, 0.4) is 0 Å². The summed E-state index contributed by atoms with van der Waals surface area (Å²) in [5.74, 6) is 0.196. The fraction of sp³-hybridized carbons (Fsp3) is 0.300. The number of benzene rings is 2. The number of anilines is 1. The van der Waals surface area contributed by atoms with Crippen LogP contribution >= 0.6 is 11.6 Å². The molecule has 5 nitrogen and oxygen atoms in total. The Balaban J connectivity index is 1.83. The summed E-state index contributed by atoms with van der Waals surface area (Å²) in [4.78, 5) is 26.9. The first-order valence-corrected chi connectivity index (χ1v) is 9.05. The lowest BCUT2D eigenvalue weighted by atomic mass is 10.1. The Morgan fingerprint density at radius 1 is 1.19 bits per heavy atom. The molecule has 1 atom stereocenters. The van der Waals surface area contributed by atoms with Gasteiger partial charge in [-0.05, 0) is 30.2 Å². The molecule has 0 bridgehead atoms. The summed E-state index contributed by atoms with van der Waals surface area (Å²) in [6.07, 6.45) is 0.272. The first-order valence-electron chi connectivity index (χ1n) is 8.67. The molecule has 1 N–H and O–H groups in total. The summed E-state index contributed by atoms with van der Waals surface area (Å²) < 4.78 is 5.81. The van der Waals surface area contributed by atoms with Gasteiger partial charge in [-0.2, -0.15) is 0 Å². The Morgan fingerprint density at radius 2 is 1.92 bits per heavy atom. The highest BCUT2D eigenvalue weighted by atomic mass is 35.5. The van der Waals surface area contributed by atoms with E-state index >= 15 is 0 Å². The molecule has 0 aromatic heterocycles. The molecule has 1 aliphatic rings. The molecule has 0 aliphatic carbocycles. The molecule has 0 fully saturated rings. The zero-order valence-electron chi connectivity index (χ0n) is 14.6. The monoisotopic (exact) mass is 372 g/mol. The highest BCUT2D eigenvalue weighted by molar-refractivity contribution is 6.31. The quantitative estimate of drug-likeness (QED) is 0.876. The van der Waals surface area contributed by atoms with Crippen LogP contribution in [0.1, 0.15) is 18.9 Å². The van der Waals surface area contributed by atoms with Crippen LogP contribution in [0.2, 0.25) is 5.02 Å². The van der Waals surface area contributed by atoms with Crippen molar-refractivity contribution in [2.45, 2.75) is 25.9 Å². The van der Waals surface area contributed by atoms with Gasteiger partial charge in [-0.1, -0.05) is 48.9 Å². The van der Waals surface area contributed by atoms with Gasteiger partial charge in [-0.25, -0.2) is 0 Å². The van der Waals surface area contributed by atoms with E-state index in [0.717, 1.165) is 12.0 Å². The fourth-order valence-electron chi connectivity index (χ4n) is 2.87. The van der Waals surface area contributed by atoms with Crippen molar-refractivity contribution in [3.63, 3.8) is 0 Å². The molecule has 1 heterocycles. The Hall–Kier alpha value is -2.53. The highest BCUT2D eigenvalue weighted by Crippen LogP contribution is 2.33. The third kappa shape index (κ3) is 3.99. The van der Waals surface area contributed by atoms with Crippen LogP contribution in [0.15, 0.2) is 48.5 Å². The normalized spacial score (nSPS) is 15.8. The van der Waals surface area contributed by atoms with Gasteiger partial charge in [-0.15, -0.1) is 0 Å². The zero-order valence-corrected chi connectivity index (χ0v) is 15.3. The minimum absolute atomic E-state index is 0.123. The number of nitrogens with zero attached hydrogens (tertiary/aromatic N) is 1. The average molecular weight is 373 g/mol. The van der Waals surface area contributed by atoms with Gasteiger partial charge in [0.15, 0.2) is 6.10 Å². The SMILES string of the molecule is CCCNC(=O)C1CN(C(=O)Cc2ccccc2Cl)c2ccccc2O1. The van der Waals surface area contributed by atoms with Crippen molar-refractivity contribution in [1.82, 2.24) is 5.32 Å². The summed E-state index contributed by atoms with van der Waals surface area (Å²) >= 11 is 6.18. The fourth-order valence-corrected chi connectivity index (χ4v) is 3.07. The molecule has 1 aliphatic heterocycles. The van der Waals surface area contributed by atoms with E-state index in [1.165, 1.54) is 0 Å². The third-order valence-electron chi connectivity index (χ3n) is 4.22. The summed E-state index contributed by atoms with van der Waals surface area (Å²) in [5.41, 5.74) is 1.43. The lowest BCUT2D eigenvalue weighted by molar-refractivity contribution is -0.128. The number of nitrogens with one attached hydrogen (secondary N) is 1. The van der Waals surface area contributed by atoms with Gasteiger partial charge in [0.2, 0.25) is 5.91 Å². The minimum atomic E-state index is -0.730. The van der Waals surface area contributed by atoms with Gasteiger partial charge in [0.05, 0.1) is 18.7 Å². The number of carbonyl (C=O) groups excluding carboxylic acids is 2. The Bertz CT molecular complexity index is 809. The second-order valence-corrected chi connectivity index (χ2v) is 6.54. The van der Waals surface area contributed by atoms with Crippen LogP contribution in [0.5, 0.6) is 5.75 Å². The molecule has 0 radical (unpaired) electrons. The van der Waals surface area contributed by atoms with E-state index in [0.29, 0.717) is 23.0 Å². The number of fused-ring (bicyclic) bond motifs is 1. The van der Waals surface area contributed by atoms with E-state index in [-0.39, 0.29) is 24.8 Å². The van der Waals surface area contributed by atoms with Gasteiger partial charge < -0.3 is 15.0 Å². The summed E-state index contributed by atoms with van der Waals surface area (Å²) in [6, 6.07) is 14.5. The highest BCUT2D eigenvalue weighted by Gasteiger charge is 2.33. The van der Waals surface area contributed by atoms with Crippen molar-refractivity contribution in [3.8, 4) is 5.75 Å². The maximum atomic E-state index is 12.9. The molecule has 0 saturated heterocycles. The number of carbonyl (C=O) groups is 2. The van der Waals surface area contributed by atoms with E-state index < -0.39 is 6.10 Å². The van der Waals surface area contributed by atoms with Crippen LogP contribution in [0.4, 0.5) is 5.69 Å². The topological polar surface area (TPSA) is 58.6 Å². The smallest absolute Gasteiger partial charge is 0.262 e. The Morgan fingerprint density at radius 3 is 2.69 bits per heavy atom. The molecule has 136 valence electrons. The van der Waals surface area contributed by atoms with E-state index in [1.807, 2.05) is 43.3 Å². The average Bonchev–Trinajstić information content (AvgIpc) is 2.66. The standard InChI is InChI=1S/C20H21ClN2O3/c1-2-11-22-20(25)18-13-23(16-9-5-6-10-17(16)26-18)19(24)12-14-7-3-4-8-15(14)21/h3-10,18H,2,11-13H2,1H3,(H,22,25). The second-order valence-electron chi connectivity index (χ2n) is 6.14. The number of halogens is 1. The summed E-state index contributed by atoms with van der Waals surface area (Å²) in [7, 11) is 0. The van der Waals surface area contributed by atoms with Crippen LogP contribution in [0.25, 0.3) is 0 Å². The second kappa shape index (κ2) is 8.23. The molecule has 2 aromatic rings. The number of rotatable bonds is 5. The van der Waals surface area contributed by atoms with Crippen LogP contribution in [-0.4, -0.2) is 31.0 Å². The number of amides is 2. The molecule has 0 saturated carbocycles. The van der Waals surface area contributed by atoms with Crippen LogP contribution < -0.4 is 15.0 Å². The van der Waals surface area contributed by atoms with Crippen molar-refractivity contribution in [2.75, 3.05) is 18.0 Å². The van der Waals surface area contributed by atoms with Crippen molar-refractivity contribution in [1.29, 1.82) is 0 Å². The van der Waals surface area contributed by atoms with Crippen molar-refractivity contribution < 1.29 is 14.3 Å². The maximum absolute atomic E-state index is 12.9. The van der Waals surface area contributed by atoms with Gasteiger partial charge >= 0.3 is 0 Å². The van der Waals surface area contributed by atoms with Crippen molar-refractivity contribution in [3.05, 3.63) is 59.1 Å². The Kier molecular flexibility index (Phi) is 5.78. The molecule has 26 heavy (non-hydrogen) atoms. The maximum Gasteiger partial charge on any atom is 0.262 e. The summed E-state index contributed by atoms with van der Waals surface area (Å²) in [5, 5.41) is 3.38. The van der Waals surface area contributed by atoms with Crippen LogP contribution in [-0.2, 0) is 16.0 Å². The van der Waals surface area contributed by atoms with E-state index in [2.05, 4.69) is 5.32 Å². The predicted octanol–water partition coefficient (Wildman–Crippen LogP) is 3.20. The zero-order chi connectivity index (χ0) is 18.5. The van der Waals surface area contributed by atoms with Crippen molar-refractivity contribution in [2.24, 2.45) is 0 Å². The number of ether oxygens (including phenoxy) is 1. The minimum Gasteiger partial charge on any atom is -0.477 e. The summed E-state index contributed by atoms with van der Waals surface area (Å²) in [6.45, 7) is 2.74. The number of hydrogen-bond donors (Lipinski definition) is 1. The third-order valence-corrected chi connectivity index (χ3v) is 4.58. The molecule has 2 aromatic carbocycles. The Labute approximate surface area is 157 Å². The first kappa shape index (κ1) is 18.3.